The molecule has 1 saturated heterocycles. The van der Waals surface area contributed by atoms with E-state index in [0.717, 1.165) is 18.5 Å². The van der Waals surface area contributed by atoms with Crippen molar-refractivity contribution < 1.29 is 9.90 Å². The smallest absolute Gasteiger partial charge is 0.257 e. The van der Waals surface area contributed by atoms with Gasteiger partial charge < -0.3 is 15.3 Å². The van der Waals surface area contributed by atoms with Crippen LogP contribution in [0.5, 0.6) is 5.75 Å². The second-order valence-electron chi connectivity index (χ2n) is 5.68. The Balaban J connectivity index is 1.92. The summed E-state index contributed by atoms with van der Waals surface area (Å²) in [6.45, 7) is 3.72. The lowest BCUT2D eigenvalue weighted by Gasteiger charge is -2.26. The number of nitrogens with one attached hydrogen (secondary N) is 1. The quantitative estimate of drug-likeness (QED) is 0.887. The molecule has 1 aliphatic heterocycles. The molecule has 0 aromatic heterocycles. The minimum absolute atomic E-state index is 0.0586. The van der Waals surface area contributed by atoms with E-state index >= 15 is 0 Å². The SMILES string of the molecule is Cc1ccc(O)c(C(=O)N(C)CCC2CCCCN2)c1. The fourth-order valence-electron chi connectivity index (χ4n) is 2.65. The summed E-state index contributed by atoms with van der Waals surface area (Å²) in [6, 6.07) is 5.65. The molecule has 0 aliphatic carbocycles. The van der Waals surface area contributed by atoms with Crippen LogP contribution >= 0.6 is 0 Å². The number of hydrogen-bond donors (Lipinski definition) is 2. The highest BCUT2D eigenvalue weighted by Gasteiger charge is 2.18. The standard InChI is InChI=1S/C16H24N2O2/c1-12-6-7-15(19)14(11-12)16(20)18(2)10-8-13-5-3-4-9-17-13/h6-7,11,13,17,19H,3-5,8-10H2,1-2H3. The molecular formula is C16H24N2O2. The number of carbonyl (C=O) groups excluding carboxylic acids is 1. The van der Waals surface area contributed by atoms with Crippen molar-refractivity contribution >= 4 is 5.91 Å². The number of amides is 1. The first-order chi connectivity index (χ1) is 9.58. The van der Waals surface area contributed by atoms with Crippen LogP contribution in [0.25, 0.3) is 0 Å². The first-order valence-corrected chi connectivity index (χ1v) is 7.36. The molecular weight excluding hydrogens is 252 g/mol. The van der Waals surface area contributed by atoms with Gasteiger partial charge in [-0.2, -0.15) is 0 Å². The van der Waals surface area contributed by atoms with E-state index in [1.807, 2.05) is 6.92 Å². The summed E-state index contributed by atoms with van der Waals surface area (Å²) < 4.78 is 0. The molecule has 0 radical (unpaired) electrons. The summed E-state index contributed by atoms with van der Waals surface area (Å²) in [5.41, 5.74) is 1.37. The predicted molar refractivity (Wildman–Crippen MR) is 80.1 cm³/mol. The molecule has 0 saturated carbocycles. The number of hydrogen-bond acceptors (Lipinski definition) is 3. The molecule has 1 fully saturated rings. The predicted octanol–water partition coefficient (Wildman–Crippen LogP) is 2.30. The molecule has 1 aromatic rings. The minimum Gasteiger partial charge on any atom is -0.507 e. The van der Waals surface area contributed by atoms with Crippen molar-refractivity contribution in [1.82, 2.24) is 10.2 Å². The Bertz CT molecular complexity index is 468. The van der Waals surface area contributed by atoms with Gasteiger partial charge in [0.05, 0.1) is 5.56 Å². The first-order valence-electron chi connectivity index (χ1n) is 7.36. The molecule has 1 aromatic carbocycles. The van der Waals surface area contributed by atoms with E-state index < -0.39 is 0 Å². The van der Waals surface area contributed by atoms with Crippen LogP contribution in [0.2, 0.25) is 0 Å². The van der Waals surface area contributed by atoms with Crippen molar-refractivity contribution in [2.75, 3.05) is 20.1 Å². The molecule has 20 heavy (non-hydrogen) atoms. The monoisotopic (exact) mass is 276 g/mol. The third kappa shape index (κ3) is 3.73. The van der Waals surface area contributed by atoms with Gasteiger partial charge in [0.1, 0.15) is 5.75 Å². The number of aryl methyl sites for hydroxylation is 1. The maximum Gasteiger partial charge on any atom is 0.257 e. The number of aromatic hydroxyl groups is 1. The van der Waals surface area contributed by atoms with E-state index in [2.05, 4.69) is 5.32 Å². The van der Waals surface area contributed by atoms with E-state index in [4.69, 9.17) is 0 Å². The van der Waals surface area contributed by atoms with Crippen LogP contribution in [-0.2, 0) is 0 Å². The zero-order chi connectivity index (χ0) is 14.5. The number of piperidine rings is 1. The topological polar surface area (TPSA) is 52.6 Å². The van der Waals surface area contributed by atoms with Gasteiger partial charge in [-0.25, -0.2) is 0 Å². The van der Waals surface area contributed by atoms with Crippen LogP contribution in [0.3, 0.4) is 0 Å². The van der Waals surface area contributed by atoms with Gasteiger partial charge in [0.2, 0.25) is 0 Å². The van der Waals surface area contributed by atoms with Crippen molar-refractivity contribution in [3.63, 3.8) is 0 Å². The zero-order valence-corrected chi connectivity index (χ0v) is 12.4. The normalized spacial score (nSPS) is 18.8. The first kappa shape index (κ1) is 14.9. The molecule has 4 nitrogen and oxygen atoms in total. The van der Waals surface area contributed by atoms with Crippen LogP contribution in [0, 0.1) is 6.92 Å². The second kappa shape index (κ2) is 6.75. The van der Waals surface area contributed by atoms with E-state index in [1.165, 1.54) is 19.3 Å². The zero-order valence-electron chi connectivity index (χ0n) is 12.4. The van der Waals surface area contributed by atoms with Gasteiger partial charge in [0.25, 0.3) is 5.91 Å². The molecule has 2 rings (SSSR count). The van der Waals surface area contributed by atoms with Crippen molar-refractivity contribution in [3.8, 4) is 5.75 Å². The summed E-state index contributed by atoms with van der Waals surface area (Å²) in [6.07, 6.45) is 4.68. The van der Waals surface area contributed by atoms with Gasteiger partial charge in [-0.1, -0.05) is 18.1 Å². The second-order valence-corrected chi connectivity index (χ2v) is 5.68. The lowest BCUT2D eigenvalue weighted by atomic mass is 10.0. The largest absolute Gasteiger partial charge is 0.507 e. The number of phenolic OH excluding ortho intramolecular Hbond substituents is 1. The van der Waals surface area contributed by atoms with E-state index in [0.29, 0.717) is 18.2 Å². The highest BCUT2D eigenvalue weighted by atomic mass is 16.3. The maximum atomic E-state index is 12.3. The molecule has 1 amide bonds. The van der Waals surface area contributed by atoms with Crippen LogP contribution in [-0.4, -0.2) is 42.1 Å². The highest BCUT2D eigenvalue weighted by molar-refractivity contribution is 5.96. The van der Waals surface area contributed by atoms with Gasteiger partial charge in [0.15, 0.2) is 0 Å². The molecule has 1 heterocycles. The third-order valence-electron chi connectivity index (χ3n) is 3.95. The molecule has 110 valence electrons. The Morgan fingerprint density at radius 2 is 2.25 bits per heavy atom. The molecule has 1 atom stereocenters. The molecule has 1 aliphatic rings. The van der Waals surface area contributed by atoms with Crippen LogP contribution in [0.1, 0.15) is 41.6 Å². The Morgan fingerprint density at radius 3 is 2.95 bits per heavy atom. The van der Waals surface area contributed by atoms with Gasteiger partial charge in [0, 0.05) is 19.6 Å². The summed E-state index contributed by atoms with van der Waals surface area (Å²) in [4.78, 5) is 14.0. The molecule has 0 bridgehead atoms. The highest BCUT2D eigenvalue weighted by Crippen LogP contribution is 2.20. The van der Waals surface area contributed by atoms with Gasteiger partial charge >= 0.3 is 0 Å². The third-order valence-corrected chi connectivity index (χ3v) is 3.95. The maximum absolute atomic E-state index is 12.3. The minimum atomic E-state index is -0.109. The van der Waals surface area contributed by atoms with E-state index in [1.54, 1.807) is 30.1 Å². The molecule has 4 heteroatoms. The Kier molecular flexibility index (Phi) is 5.01. The fraction of sp³-hybridized carbons (Fsp3) is 0.562. The Morgan fingerprint density at radius 1 is 1.45 bits per heavy atom. The lowest BCUT2D eigenvalue weighted by molar-refractivity contribution is 0.0785. The summed E-state index contributed by atoms with van der Waals surface area (Å²) in [5.74, 6) is -0.0507. The number of carbonyl (C=O) groups is 1. The fourth-order valence-corrected chi connectivity index (χ4v) is 2.65. The molecule has 0 spiro atoms. The van der Waals surface area contributed by atoms with Crippen molar-refractivity contribution in [3.05, 3.63) is 29.3 Å². The van der Waals surface area contributed by atoms with E-state index in [9.17, 15) is 9.90 Å². The average molecular weight is 276 g/mol. The van der Waals surface area contributed by atoms with Gasteiger partial charge in [-0.05, 0) is 44.9 Å². The number of phenols is 1. The number of nitrogens with zero attached hydrogens (tertiary/aromatic N) is 1. The van der Waals surface area contributed by atoms with Crippen LogP contribution in [0.4, 0.5) is 0 Å². The van der Waals surface area contributed by atoms with Crippen LogP contribution < -0.4 is 5.32 Å². The van der Waals surface area contributed by atoms with Crippen molar-refractivity contribution in [2.45, 2.75) is 38.6 Å². The van der Waals surface area contributed by atoms with Crippen LogP contribution in [0.15, 0.2) is 18.2 Å². The number of benzene rings is 1. The van der Waals surface area contributed by atoms with Gasteiger partial charge in [-0.15, -0.1) is 0 Å². The summed E-state index contributed by atoms with van der Waals surface area (Å²) in [5, 5.41) is 13.3. The average Bonchev–Trinajstić information content (AvgIpc) is 2.47. The summed E-state index contributed by atoms with van der Waals surface area (Å²) >= 11 is 0. The van der Waals surface area contributed by atoms with Crippen molar-refractivity contribution in [2.24, 2.45) is 0 Å². The Hall–Kier alpha value is -1.55. The number of rotatable bonds is 4. The molecule has 2 N–H and O–H groups in total. The lowest BCUT2D eigenvalue weighted by Crippen LogP contribution is -2.38. The molecule has 1 unspecified atom stereocenters. The Labute approximate surface area is 120 Å². The van der Waals surface area contributed by atoms with E-state index in [-0.39, 0.29) is 11.7 Å². The van der Waals surface area contributed by atoms with Crippen molar-refractivity contribution in [1.29, 1.82) is 0 Å². The van der Waals surface area contributed by atoms with Gasteiger partial charge in [-0.3, -0.25) is 4.79 Å². The summed E-state index contributed by atoms with van der Waals surface area (Å²) in [7, 11) is 1.80.